The van der Waals surface area contributed by atoms with Gasteiger partial charge in [0.2, 0.25) is 20.0 Å². The van der Waals surface area contributed by atoms with Gasteiger partial charge in [-0.3, -0.25) is 0 Å². The predicted molar refractivity (Wildman–Crippen MR) is 63.4 cm³/mol. The average Bonchev–Trinajstić information content (AvgIpc) is 2.25. The Morgan fingerprint density at radius 2 is 2.00 bits per heavy atom. The van der Waals surface area contributed by atoms with Gasteiger partial charge in [-0.2, -0.15) is 0 Å². The monoisotopic (exact) mass is 286 g/mol. The molecule has 1 rings (SSSR count). The lowest BCUT2D eigenvalue weighted by molar-refractivity contribution is 0.214. The molecule has 1 atom stereocenters. The number of piperidine rings is 1. The highest BCUT2D eigenvalue weighted by molar-refractivity contribution is 7.90. The molecule has 1 saturated heterocycles. The van der Waals surface area contributed by atoms with Crippen LogP contribution in [0.15, 0.2) is 0 Å². The Hall–Kier alpha value is -0.220. The van der Waals surface area contributed by atoms with Crippen LogP contribution >= 0.6 is 0 Å². The normalized spacial score (nSPS) is 23.8. The minimum atomic E-state index is -3.68. The Kier molecular flexibility index (Phi) is 4.90. The van der Waals surface area contributed by atoms with Crippen LogP contribution in [0.2, 0.25) is 0 Å². The van der Waals surface area contributed by atoms with Gasteiger partial charge >= 0.3 is 0 Å². The standard InChI is InChI=1S/C8H18N2O5S2/c1-15-5-6-16(11,12)10-4-2-3-8(7-10)17(9,13)14/h8H,2-7H2,1H3,(H2,9,13,14). The summed E-state index contributed by atoms with van der Waals surface area (Å²) in [5, 5.41) is 4.24. The zero-order chi connectivity index (χ0) is 13.1. The smallest absolute Gasteiger partial charge is 0.216 e. The third-order valence-corrected chi connectivity index (χ3v) is 5.86. The molecule has 0 radical (unpaired) electrons. The number of hydrogen-bond acceptors (Lipinski definition) is 5. The summed E-state index contributed by atoms with van der Waals surface area (Å²) in [6, 6.07) is 0. The molecule has 0 aliphatic carbocycles. The lowest BCUT2D eigenvalue weighted by Gasteiger charge is -2.30. The average molecular weight is 286 g/mol. The van der Waals surface area contributed by atoms with Crippen LogP contribution in [0, 0.1) is 0 Å². The zero-order valence-electron chi connectivity index (χ0n) is 9.70. The maximum absolute atomic E-state index is 11.8. The summed E-state index contributed by atoms with van der Waals surface area (Å²) in [7, 11) is -5.71. The van der Waals surface area contributed by atoms with Crippen LogP contribution in [0.3, 0.4) is 0 Å². The molecule has 0 aromatic heterocycles. The first-order valence-corrected chi connectivity index (χ1v) is 8.47. The van der Waals surface area contributed by atoms with Crippen LogP contribution in [0.4, 0.5) is 0 Å². The summed E-state index contributed by atoms with van der Waals surface area (Å²) < 4.78 is 52.0. The van der Waals surface area contributed by atoms with Crippen molar-refractivity contribution in [2.75, 3.05) is 32.6 Å². The molecule has 1 heterocycles. The van der Waals surface area contributed by atoms with Crippen molar-refractivity contribution in [1.29, 1.82) is 0 Å². The third kappa shape index (κ3) is 4.18. The van der Waals surface area contributed by atoms with E-state index in [4.69, 9.17) is 9.88 Å². The van der Waals surface area contributed by atoms with Crippen LogP contribution < -0.4 is 5.14 Å². The number of hydrogen-bond donors (Lipinski definition) is 1. The van der Waals surface area contributed by atoms with Crippen molar-refractivity contribution in [3.63, 3.8) is 0 Å². The molecule has 2 N–H and O–H groups in total. The van der Waals surface area contributed by atoms with Crippen molar-refractivity contribution >= 4 is 20.0 Å². The van der Waals surface area contributed by atoms with Gasteiger partial charge in [-0.25, -0.2) is 26.3 Å². The van der Waals surface area contributed by atoms with Crippen LogP contribution in [0.25, 0.3) is 0 Å². The van der Waals surface area contributed by atoms with Crippen molar-refractivity contribution in [2.24, 2.45) is 5.14 Å². The number of sulfonamides is 2. The minimum Gasteiger partial charge on any atom is -0.384 e. The van der Waals surface area contributed by atoms with Gasteiger partial charge in [0.25, 0.3) is 0 Å². The molecule has 0 saturated carbocycles. The number of ether oxygens (including phenoxy) is 1. The first kappa shape index (κ1) is 14.8. The molecule has 1 aliphatic heterocycles. The van der Waals surface area contributed by atoms with Crippen molar-refractivity contribution in [1.82, 2.24) is 4.31 Å². The second-order valence-corrected chi connectivity index (χ2v) is 7.95. The van der Waals surface area contributed by atoms with Crippen molar-refractivity contribution < 1.29 is 21.6 Å². The molecule has 1 unspecified atom stereocenters. The molecule has 17 heavy (non-hydrogen) atoms. The molecule has 7 nitrogen and oxygen atoms in total. The highest BCUT2D eigenvalue weighted by atomic mass is 32.2. The van der Waals surface area contributed by atoms with E-state index in [9.17, 15) is 16.8 Å². The van der Waals surface area contributed by atoms with E-state index in [1.807, 2.05) is 0 Å². The van der Waals surface area contributed by atoms with Crippen LogP contribution in [-0.4, -0.2) is 58.9 Å². The third-order valence-electron chi connectivity index (χ3n) is 2.74. The topological polar surface area (TPSA) is 107 Å². The second-order valence-electron chi connectivity index (χ2n) is 4.02. The molecular formula is C8H18N2O5S2. The van der Waals surface area contributed by atoms with Gasteiger partial charge in [0.15, 0.2) is 0 Å². The van der Waals surface area contributed by atoms with Crippen LogP contribution in [0.5, 0.6) is 0 Å². The Labute approximate surface area is 102 Å². The summed E-state index contributed by atoms with van der Waals surface area (Å²) in [5.41, 5.74) is 0. The predicted octanol–water partition coefficient (Wildman–Crippen LogP) is -1.28. The summed E-state index contributed by atoms with van der Waals surface area (Å²) in [4.78, 5) is 0. The first-order valence-electron chi connectivity index (χ1n) is 5.26. The molecule has 0 aromatic carbocycles. The van der Waals surface area contributed by atoms with Crippen molar-refractivity contribution in [3.05, 3.63) is 0 Å². The van der Waals surface area contributed by atoms with E-state index in [1.165, 1.54) is 11.4 Å². The fourth-order valence-electron chi connectivity index (χ4n) is 1.74. The lowest BCUT2D eigenvalue weighted by Crippen LogP contribution is -2.47. The highest BCUT2D eigenvalue weighted by Crippen LogP contribution is 2.18. The van der Waals surface area contributed by atoms with Crippen LogP contribution in [0.1, 0.15) is 12.8 Å². The largest absolute Gasteiger partial charge is 0.384 e. The Morgan fingerprint density at radius 1 is 1.35 bits per heavy atom. The molecule has 0 aromatic rings. The Bertz CT molecular complexity index is 445. The molecule has 1 fully saturated rings. The molecule has 0 amide bonds. The Morgan fingerprint density at radius 3 is 2.53 bits per heavy atom. The zero-order valence-corrected chi connectivity index (χ0v) is 11.3. The van der Waals surface area contributed by atoms with Gasteiger partial charge in [0, 0.05) is 20.2 Å². The van der Waals surface area contributed by atoms with Gasteiger partial charge in [-0.1, -0.05) is 0 Å². The number of nitrogens with two attached hydrogens (primary N) is 1. The van der Waals surface area contributed by atoms with Crippen molar-refractivity contribution in [3.8, 4) is 0 Å². The molecular weight excluding hydrogens is 268 g/mol. The number of methoxy groups -OCH3 is 1. The van der Waals surface area contributed by atoms with Gasteiger partial charge in [-0.15, -0.1) is 0 Å². The van der Waals surface area contributed by atoms with Crippen LogP contribution in [-0.2, 0) is 24.8 Å². The lowest BCUT2D eigenvalue weighted by atomic mass is 10.2. The SMILES string of the molecule is COCCS(=O)(=O)N1CCCC(S(N)(=O)=O)C1. The molecule has 9 heteroatoms. The summed E-state index contributed by atoms with van der Waals surface area (Å²) in [6.07, 6.45) is 0.919. The molecule has 0 spiro atoms. The van der Waals surface area contributed by atoms with Gasteiger partial charge < -0.3 is 4.74 Å². The van der Waals surface area contributed by atoms with Crippen molar-refractivity contribution in [2.45, 2.75) is 18.1 Å². The number of primary sulfonamides is 1. The second kappa shape index (κ2) is 5.61. The number of rotatable bonds is 5. The van der Waals surface area contributed by atoms with E-state index in [0.717, 1.165) is 0 Å². The van der Waals surface area contributed by atoms with E-state index < -0.39 is 25.3 Å². The highest BCUT2D eigenvalue weighted by Gasteiger charge is 2.33. The van der Waals surface area contributed by atoms with E-state index in [2.05, 4.69) is 0 Å². The summed E-state index contributed by atoms with van der Waals surface area (Å²) >= 11 is 0. The van der Waals surface area contributed by atoms with Gasteiger partial charge in [-0.05, 0) is 12.8 Å². The van der Waals surface area contributed by atoms with Gasteiger partial charge in [0.05, 0.1) is 17.6 Å². The van der Waals surface area contributed by atoms with E-state index in [1.54, 1.807) is 0 Å². The maximum Gasteiger partial charge on any atom is 0.216 e. The maximum atomic E-state index is 11.8. The fourth-order valence-corrected chi connectivity index (χ4v) is 4.17. The number of nitrogens with zero attached hydrogens (tertiary/aromatic N) is 1. The minimum absolute atomic E-state index is 0.0507. The summed E-state index contributed by atoms with van der Waals surface area (Å²) in [5.74, 6) is -0.138. The fraction of sp³-hybridized carbons (Fsp3) is 1.00. The summed E-state index contributed by atoms with van der Waals surface area (Å²) in [6.45, 7) is 0.391. The first-order chi connectivity index (χ1) is 7.77. The van der Waals surface area contributed by atoms with E-state index in [0.29, 0.717) is 19.4 Å². The molecule has 102 valence electrons. The Balaban J connectivity index is 2.73. The molecule has 0 bridgehead atoms. The van der Waals surface area contributed by atoms with E-state index >= 15 is 0 Å². The molecule has 1 aliphatic rings. The quantitative estimate of drug-likeness (QED) is 0.677. The van der Waals surface area contributed by atoms with Gasteiger partial charge in [0.1, 0.15) is 0 Å². The van der Waals surface area contributed by atoms with E-state index in [-0.39, 0.29) is 18.9 Å².